The molecule has 1 aliphatic heterocycles. The lowest BCUT2D eigenvalue weighted by atomic mass is 10.1. The Morgan fingerprint density at radius 3 is 2.48 bits per heavy atom. The van der Waals surface area contributed by atoms with Gasteiger partial charge in [0.1, 0.15) is 11.5 Å². The van der Waals surface area contributed by atoms with E-state index in [2.05, 4.69) is 10.1 Å². The Labute approximate surface area is 175 Å². The zero-order chi connectivity index (χ0) is 22.2. The summed E-state index contributed by atoms with van der Waals surface area (Å²) < 4.78 is 54.1. The number of methoxy groups -OCH3 is 2. The summed E-state index contributed by atoms with van der Waals surface area (Å²) in [4.78, 5) is 18.5. The van der Waals surface area contributed by atoms with Crippen molar-refractivity contribution >= 4 is 11.6 Å². The molecule has 10 heteroatoms. The number of rotatable bonds is 5. The molecule has 0 unspecified atom stereocenters. The van der Waals surface area contributed by atoms with E-state index in [-0.39, 0.29) is 30.0 Å². The van der Waals surface area contributed by atoms with E-state index in [0.29, 0.717) is 29.3 Å². The van der Waals surface area contributed by atoms with Gasteiger partial charge in [0.25, 0.3) is 0 Å². The fourth-order valence-electron chi connectivity index (χ4n) is 3.44. The van der Waals surface area contributed by atoms with Crippen molar-refractivity contribution in [2.75, 3.05) is 25.7 Å². The van der Waals surface area contributed by atoms with E-state index in [1.807, 2.05) is 0 Å². The molecule has 1 fully saturated rings. The smallest absolute Gasteiger partial charge is 0.416 e. The zero-order valence-electron chi connectivity index (χ0n) is 16.6. The number of ether oxygens (including phenoxy) is 2. The summed E-state index contributed by atoms with van der Waals surface area (Å²) in [6.45, 7) is 0.302. The van der Waals surface area contributed by atoms with Gasteiger partial charge in [-0.25, -0.2) is 0 Å². The third-order valence-electron chi connectivity index (χ3n) is 5.06. The molecule has 0 aliphatic carbocycles. The van der Waals surface area contributed by atoms with Gasteiger partial charge in [-0.15, -0.1) is 0 Å². The molecule has 3 aromatic rings. The van der Waals surface area contributed by atoms with Gasteiger partial charge >= 0.3 is 6.18 Å². The van der Waals surface area contributed by atoms with Crippen molar-refractivity contribution < 1.29 is 32.0 Å². The van der Waals surface area contributed by atoms with Crippen molar-refractivity contribution in [1.82, 2.24) is 10.1 Å². The molecule has 162 valence electrons. The number of hydrogen-bond donors (Lipinski definition) is 0. The molecule has 1 aliphatic rings. The molecule has 2 heterocycles. The molecule has 0 radical (unpaired) electrons. The normalized spacial score (nSPS) is 16.6. The van der Waals surface area contributed by atoms with E-state index < -0.39 is 11.7 Å². The van der Waals surface area contributed by atoms with Gasteiger partial charge in [-0.3, -0.25) is 4.79 Å². The van der Waals surface area contributed by atoms with Crippen LogP contribution in [0.4, 0.5) is 18.9 Å². The summed E-state index contributed by atoms with van der Waals surface area (Å²) in [5.41, 5.74) is 0.227. The number of alkyl halides is 3. The number of amides is 1. The van der Waals surface area contributed by atoms with Gasteiger partial charge in [-0.2, -0.15) is 18.2 Å². The third-order valence-corrected chi connectivity index (χ3v) is 5.06. The Hall–Kier alpha value is -3.56. The molecule has 0 saturated carbocycles. The Morgan fingerprint density at radius 2 is 1.84 bits per heavy atom. The van der Waals surface area contributed by atoms with Crippen LogP contribution in [-0.4, -0.2) is 36.8 Å². The van der Waals surface area contributed by atoms with E-state index in [1.54, 1.807) is 23.1 Å². The van der Waals surface area contributed by atoms with Crippen LogP contribution in [0, 0.1) is 0 Å². The van der Waals surface area contributed by atoms with Crippen molar-refractivity contribution in [2.45, 2.75) is 18.5 Å². The van der Waals surface area contributed by atoms with Gasteiger partial charge in [-0.1, -0.05) is 17.3 Å². The fourth-order valence-corrected chi connectivity index (χ4v) is 3.44. The minimum Gasteiger partial charge on any atom is -0.497 e. The van der Waals surface area contributed by atoms with E-state index in [0.717, 1.165) is 12.1 Å². The highest BCUT2D eigenvalue weighted by Crippen LogP contribution is 2.38. The van der Waals surface area contributed by atoms with Gasteiger partial charge in [0.2, 0.25) is 17.6 Å². The highest BCUT2D eigenvalue weighted by molar-refractivity contribution is 5.97. The summed E-state index contributed by atoms with van der Waals surface area (Å²) in [5, 5.41) is 3.86. The molecule has 1 atom stereocenters. The van der Waals surface area contributed by atoms with Crippen LogP contribution in [0.3, 0.4) is 0 Å². The number of anilines is 1. The Balaban J connectivity index is 1.54. The first-order valence-corrected chi connectivity index (χ1v) is 9.33. The predicted octanol–water partition coefficient (Wildman–Crippen LogP) is 4.29. The Morgan fingerprint density at radius 1 is 1.10 bits per heavy atom. The number of carbonyl (C=O) groups excluding carboxylic acids is 1. The lowest BCUT2D eigenvalue weighted by molar-refractivity contribution is -0.137. The number of halogens is 3. The summed E-state index contributed by atoms with van der Waals surface area (Å²) in [5.74, 6) is 1.01. The predicted molar refractivity (Wildman–Crippen MR) is 104 cm³/mol. The highest BCUT2D eigenvalue weighted by atomic mass is 19.4. The zero-order valence-corrected chi connectivity index (χ0v) is 16.6. The Bertz CT molecular complexity index is 1100. The topological polar surface area (TPSA) is 77.7 Å². The van der Waals surface area contributed by atoms with Crippen LogP contribution in [0.5, 0.6) is 11.5 Å². The first-order valence-electron chi connectivity index (χ1n) is 9.33. The van der Waals surface area contributed by atoms with E-state index in [1.165, 1.54) is 26.4 Å². The van der Waals surface area contributed by atoms with Crippen LogP contribution in [-0.2, 0) is 11.0 Å². The molecule has 31 heavy (non-hydrogen) atoms. The summed E-state index contributed by atoms with van der Waals surface area (Å²) in [7, 11) is 3.04. The first-order chi connectivity index (χ1) is 14.8. The summed E-state index contributed by atoms with van der Waals surface area (Å²) in [6.07, 6.45) is -4.26. The van der Waals surface area contributed by atoms with Crippen LogP contribution < -0.4 is 14.4 Å². The largest absolute Gasteiger partial charge is 0.497 e. The monoisotopic (exact) mass is 433 g/mol. The minimum absolute atomic E-state index is 0.136. The molecule has 4 rings (SSSR count). The number of nitrogens with zero attached hydrogens (tertiary/aromatic N) is 3. The minimum atomic E-state index is -4.42. The molecule has 2 aromatic carbocycles. The van der Waals surface area contributed by atoms with Crippen LogP contribution in [0.25, 0.3) is 11.4 Å². The maximum Gasteiger partial charge on any atom is 0.416 e. The Kier molecular flexibility index (Phi) is 5.30. The molecule has 0 spiro atoms. The number of aromatic nitrogens is 2. The van der Waals surface area contributed by atoms with Crippen molar-refractivity contribution in [3.05, 3.63) is 53.9 Å². The molecule has 0 N–H and O–H groups in total. The van der Waals surface area contributed by atoms with Crippen molar-refractivity contribution in [3.8, 4) is 22.9 Å². The lowest BCUT2D eigenvalue weighted by Crippen LogP contribution is -2.24. The van der Waals surface area contributed by atoms with Crippen LogP contribution in [0.15, 0.2) is 47.0 Å². The van der Waals surface area contributed by atoms with Gasteiger partial charge < -0.3 is 18.9 Å². The van der Waals surface area contributed by atoms with Crippen LogP contribution in [0.2, 0.25) is 0 Å². The summed E-state index contributed by atoms with van der Waals surface area (Å²) in [6, 6.07) is 9.64. The number of benzene rings is 2. The molecule has 7 nitrogen and oxygen atoms in total. The summed E-state index contributed by atoms with van der Waals surface area (Å²) >= 11 is 0. The molecular formula is C21H18F3N3O4. The molecule has 1 amide bonds. The van der Waals surface area contributed by atoms with Crippen LogP contribution in [0.1, 0.15) is 23.8 Å². The van der Waals surface area contributed by atoms with Crippen molar-refractivity contribution in [3.63, 3.8) is 0 Å². The van der Waals surface area contributed by atoms with Crippen LogP contribution >= 0.6 is 0 Å². The van der Waals surface area contributed by atoms with E-state index in [9.17, 15) is 18.0 Å². The van der Waals surface area contributed by atoms with Crippen molar-refractivity contribution in [1.29, 1.82) is 0 Å². The van der Waals surface area contributed by atoms with Gasteiger partial charge in [-0.05, 0) is 24.3 Å². The molecule has 1 saturated heterocycles. The first kappa shape index (κ1) is 20.7. The van der Waals surface area contributed by atoms with E-state index in [4.69, 9.17) is 14.0 Å². The maximum absolute atomic E-state index is 12.7. The SMILES string of the molecule is COc1ccc(N2C[C@H](c3nc(-c4ccc(C(F)(F)F)cc4)no3)CC2=O)c(OC)c1. The standard InChI is InChI=1S/C21H18F3N3O4/c1-29-15-7-8-16(17(10-15)30-2)27-11-13(9-18(27)28)20-25-19(26-31-20)12-3-5-14(6-4-12)21(22,23)24/h3-8,10,13H,9,11H2,1-2H3/t13-/m1/s1. The third kappa shape index (κ3) is 4.05. The molecular weight excluding hydrogens is 415 g/mol. The quantitative estimate of drug-likeness (QED) is 0.597. The van der Waals surface area contributed by atoms with Gasteiger partial charge in [0.15, 0.2) is 0 Å². The lowest BCUT2D eigenvalue weighted by Gasteiger charge is -2.19. The van der Waals surface area contributed by atoms with Gasteiger partial charge in [0, 0.05) is 24.6 Å². The molecule has 1 aromatic heterocycles. The van der Waals surface area contributed by atoms with Crippen molar-refractivity contribution in [2.24, 2.45) is 0 Å². The second-order valence-electron chi connectivity index (χ2n) is 6.97. The second-order valence-corrected chi connectivity index (χ2v) is 6.97. The number of carbonyl (C=O) groups is 1. The van der Waals surface area contributed by atoms with E-state index >= 15 is 0 Å². The molecule has 0 bridgehead atoms. The maximum atomic E-state index is 12.7. The highest BCUT2D eigenvalue weighted by Gasteiger charge is 2.36. The fraction of sp³-hybridized carbons (Fsp3) is 0.286. The average molecular weight is 433 g/mol. The average Bonchev–Trinajstić information content (AvgIpc) is 3.39. The number of hydrogen-bond acceptors (Lipinski definition) is 6. The second kappa shape index (κ2) is 7.93. The van der Waals surface area contributed by atoms with Gasteiger partial charge in [0.05, 0.1) is 31.4 Å².